The van der Waals surface area contributed by atoms with Crippen LogP contribution in [0.1, 0.15) is 22.8 Å². The third-order valence-electron chi connectivity index (χ3n) is 2.04. The fraction of sp³-hybridized carbons (Fsp3) is 0.364. The highest BCUT2D eigenvalue weighted by Crippen LogP contribution is 2.08. The Morgan fingerprint density at radius 2 is 2.20 bits per heavy atom. The van der Waals surface area contributed by atoms with E-state index in [0.29, 0.717) is 12.1 Å². The van der Waals surface area contributed by atoms with Crippen LogP contribution < -0.4 is 11.1 Å². The minimum Gasteiger partial charge on any atom is -0.348 e. The SMILES string of the molecule is Cc1cc(F)cc(C(=O)N[C@@H](C)CN)c1. The van der Waals surface area contributed by atoms with Crippen LogP contribution >= 0.6 is 0 Å². The molecule has 1 aromatic carbocycles. The summed E-state index contributed by atoms with van der Waals surface area (Å²) in [5, 5.41) is 2.67. The third kappa shape index (κ3) is 3.32. The summed E-state index contributed by atoms with van der Waals surface area (Å²) in [6.45, 7) is 3.90. The monoisotopic (exact) mass is 210 g/mol. The molecule has 0 aromatic heterocycles. The van der Waals surface area contributed by atoms with Crippen molar-refractivity contribution in [3.63, 3.8) is 0 Å². The highest BCUT2D eigenvalue weighted by Gasteiger charge is 2.09. The smallest absolute Gasteiger partial charge is 0.251 e. The number of hydrogen-bond donors (Lipinski definition) is 2. The highest BCUT2D eigenvalue weighted by atomic mass is 19.1. The molecule has 0 radical (unpaired) electrons. The van der Waals surface area contributed by atoms with Gasteiger partial charge in [0.25, 0.3) is 5.91 Å². The highest BCUT2D eigenvalue weighted by molar-refractivity contribution is 5.94. The maximum absolute atomic E-state index is 13.0. The van der Waals surface area contributed by atoms with Gasteiger partial charge in [-0.2, -0.15) is 0 Å². The van der Waals surface area contributed by atoms with Gasteiger partial charge in [0.1, 0.15) is 5.82 Å². The first-order valence-corrected chi connectivity index (χ1v) is 4.81. The second kappa shape index (κ2) is 4.89. The van der Waals surface area contributed by atoms with E-state index in [0.717, 1.165) is 5.56 Å². The third-order valence-corrected chi connectivity index (χ3v) is 2.04. The van der Waals surface area contributed by atoms with E-state index in [1.165, 1.54) is 12.1 Å². The van der Waals surface area contributed by atoms with E-state index in [4.69, 9.17) is 5.73 Å². The van der Waals surface area contributed by atoms with Crippen molar-refractivity contribution < 1.29 is 9.18 Å². The minimum absolute atomic E-state index is 0.110. The van der Waals surface area contributed by atoms with E-state index in [1.54, 1.807) is 19.9 Å². The first kappa shape index (κ1) is 11.7. The summed E-state index contributed by atoms with van der Waals surface area (Å²) < 4.78 is 13.0. The number of rotatable bonds is 3. The molecule has 0 aliphatic rings. The topological polar surface area (TPSA) is 55.1 Å². The second-order valence-corrected chi connectivity index (χ2v) is 3.63. The summed E-state index contributed by atoms with van der Waals surface area (Å²) in [7, 11) is 0. The van der Waals surface area contributed by atoms with Gasteiger partial charge in [-0.05, 0) is 37.6 Å². The van der Waals surface area contributed by atoms with Gasteiger partial charge in [0.15, 0.2) is 0 Å². The van der Waals surface area contributed by atoms with Crippen LogP contribution in [-0.4, -0.2) is 18.5 Å². The molecule has 0 spiro atoms. The van der Waals surface area contributed by atoms with Crippen molar-refractivity contribution in [2.45, 2.75) is 19.9 Å². The average Bonchev–Trinajstić information content (AvgIpc) is 2.16. The van der Waals surface area contributed by atoms with Gasteiger partial charge in [-0.3, -0.25) is 4.79 Å². The molecule has 3 N–H and O–H groups in total. The number of carbonyl (C=O) groups is 1. The minimum atomic E-state index is -0.402. The maximum atomic E-state index is 13.0. The lowest BCUT2D eigenvalue weighted by Crippen LogP contribution is -2.37. The number of aryl methyl sites for hydroxylation is 1. The molecule has 0 unspecified atom stereocenters. The molecule has 0 fully saturated rings. The number of carbonyl (C=O) groups excluding carboxylic acids is 1. The van der Waals surface area contributed by atoms with Gasteiger partial charge >= 0.3 is 0 Å². The largest absolute Gasteiger partial charge is 0.348 e. The summed E-state index contributed by atoms with van der Waals surface area (Å²) in [6, 6.07) is 4.12. The molecule has 1 rings (SSSR count). The lowest BCUT2D eigenvalue weighted by molar-refractivity contribution is 0.0940. The van der Waals surface area contributed by atoms with Gasteiger partial charge in [-0.15, -0.1) is 0 Å². The van der Waals surface area contributed by atoms with Crippen LogP contribution in [-0.2, 0) is 0 Å². The maximum Gasteiger partial charge on any atom is 0.251 e. The van der Waals surface area contributed by atoms with Gasteiger partial charge in [0, 0.05) is 18.2 Å². The molecule has 0 aliphatic carbocycles. The zero-order chi connectivity index (χ0) is 11.4. The normalized spacial score (nSPS) is 12.3. The molecule has 1 aromatic rings. The Kier molecular flexibility index (Phi) is 3.80. The summed E-state index contributed by atoms with van der Waals surface area (Å²) in [4.78, 5) is 11.6. The summed E-state index contributed by atoms with van der Waals surface area (Å²) in [6.07, 6.45) is 0. The lowest BCUT2D eigenvalue weighted by atomic mass is 10.1. The van der Waals surface area contributed by atoms with Gasteiger partial charge < -0.3 is 11.1 Å². The van der Waals surface area contributed by atoms with Crippen LogP contribution in [0, 0.1) is 12.7 Å². The van der Waals surface area contributed by atoms with Crippen molar-refractivity contribution in [2.75, 3.05) is 6.54 Å². The van der Waals surface area contributed by atoms with E-state index in [2.05, 4.69) is 5.32 Å². The Labute approximate surface area is 88.5 Å². The van der Waals surface area contributed by atoms with Crippen molar-refractivity contribution in [1.82, 2.24) is 5.32 Å². The molecule has 82 valence electrons. The Balaban J connectivity index is 2.82. The molecule has 0 saturated heterocycles. The molecule has 0 bridgehead atoms. The van der Waals surface area contributed by atoms with Crippen LogP contribution in [0.4, 0.5) is 4.39 Å². The van der Waals surface area contributed by atoms with Crippen LogP contribution in [0.5, 0.6) is 0 Å². The van der Waals surface area contributed by atoms with Crippen molar-refractivity contribution in [2.24, 2.45) is 5.73 Å². The molecule has 4 heteroatoms. The summed E-state index contributed by atoms with van der Waals surface area (Å²) >= 11 is 0. The molecule has 0 heterocycles. The van der Waals surface area contributed by atoms with E-state index >= 15 is 0 Å². The van der Waals surface area contributed by atoms with Crippen molar-refractivity contribution >= 4 is 5.91 Å². The van der Waals surface area contributed by atoms with Crippen LogP contribution in [0.2, 0.25) is 0 Å². The Bertz CT molecular complexity index is 345. The fourth-order valence-corrected chi connectivity index (χ4v) is 1.23. The standard InChI is InChI=1S/C11H15FN2O/c1-7-3-9(5-10(12)4-7)11(15)14-8(2)6-13/h3-5,8H,6,13H2,1-2H3,(H,14,15)/t8-/m0/s1. The van der Waals surface area contributed by atoms with Crippen LogP contribution in [0.3, 0.4) is 0 Å². The van der Waals surface area contributed by atoms with Crippen molar-refractivity contribution in [3.8, 4) is 0 Å². The van der Waals surface area contributed by atoms with E-state index in [-0.39, 0.29) is 11.9 Å². The predicted molar refractivity (Wildman–Crippen MR) is 57.1 cm³/mol. The zero-order valence-corrected chi connectivity index (χ0v) is 8.88. The van der Waals surface area contributed by atoms with Crippen molar-refractivity contribution in [3.05, 3.63) is 35.1 Å². The lowest BCUT2D eigenvalue weighted by Gasteiger charge is -2.11. The molecule has 3 nitrogen and oxygen atoms in total. The van der Waals surface area contributed by atoms with E-state index in [1.807, 2.05) is 0 Å². The van der Waals surface area contributed by atoms with E-state index < -0.39 is 5.82 Å². The number of benzene rings is 1. The molecular weight excluding hydrogens is 195 g/mol. The number of nitrogens with one attached hydrogen (secondary N) is 1. The number of hydrogen-bond acceptors (Lipinski definition) is 2. The fourth-order valence-electron chi connectivity index (χ4n) is 1.23. The first-order chi connectivity index (χ1) is 7.02. The molecule has 0 aliphatic heterocycles. The second-order valence-electron chi connectivity index (χ2n) is 3.63. The first-order valence-electron chi connectivity index (χ1n) is 4.81. The van der Waals surface area contributed by atoms with Crippen LogP contribution in [0.15, 0.2) is 18.2 Å². The molecular formula is C11H15FN2O. The number of amides is 1. The predicted octanol–water partition coefficient (Wildman–Crippen LogP) is 1.21. The summed E-state index contributed by atoms with van der Waals surface area (Å²) in [5.74, 6) is -0.698. The van der Waals surface area contributed by atoms with E-state index in [9.17, 15) is 9.18 Å². The number of halogens is 1. The number of nitrogens with two attached hydrogens (primary N) is 1. The van der Waals surface area contributed by atoms with Gasteiger partial charge in [0.2, 0.25) is 0 Å². The van der Waals surface area contributed by atoms with Gasteiger partial charge in [-0.25, -0.2) is 4.39 Å². The van der Waals surface area contributed by atoms with Crippen molar-refractivity contribution in [1.29, 1.82) is 0 Å². The zero-order valence-electron chi connectivity index (χ0n) is 8.88. The van der Waals surface area contributed by atoms with Crippen LogP contribution in [0.25, 0.3) is 0 Å². The molecule has 1 amide bonds. The molecule has 15 heavy (non-hydrogen) atoms. The average molecular weight is 210 g/mol. The summed E-state index contributed by atoms with van der Waals surface area (Å²) in [5.41, 5.74) is 6.42. The Hall–Kier alpha value is -1.42. The van der Waals surface area contributed by atoms with Gasteiger partial charge in [0.05, 0.1) is 0 Å². The van der Waals surface area contributed by atoms with Gasteiger partial charge in [-0.1, -0.05) is 0 Å². The quantitative estimate of drug-likeness (QED) is 0.788. The Morgan fingerprint density at radius 1 is 1.53 bits per heavy atom. The Morgan fingerprint density at radius 3 is 2.73 bits per heavy atom. The molecule has 1 atom stereocenters. The molecule has 0 saturated carbocycles.